The molecule has 1 saturated carbocycles. The molecule has 1 aliphatic carbocycles. The lowest BCUT2D eigenvalue weighted by Gasteiger charge is -2.55. The van der Waals surface area contributed by atoms with Gasteiger partial charge in [-0.05, 0) is 44.4 Å². The first-order chi connectivity index (χ1) is 11.6. The van der Waals surface area contributed by atoms with Gasteiger partial charge >= 0.3 is 0 Å². The fourth-order valence-corrected chi connectivity index (χ4v) is 3.81. The molecule has 2 rings (SSSR count). The predicted molar refractivity (Wildman–Crippen MR) is 96.3 cm³/mol. The van der Waals surface area contributed by atoms with E-state index in [0.29, 0.717) is 17.7 Å². The van der Waals surface area contributed by atoms with Crippen LogP contribution in [0.4, 0.5) is 5.69 Å². The van der Waals surface area contributed by atoms with Crippen LogP contribution in [-0.2, 0) is 4.74 Å². The van der Waals surface area contributed by atoms with Gasteiger partial charge in [-0.15, -0.1) is 0 Å². The third-order valence-corrected chi connectivity index (χ3v) is 5.33. The molecule has 0 heterocycles. The summed E-state index contributed by atoms with van der Waals surface area (Å²) in [7, 11) is 0. The Kier molecular flexibility index (Phi) is 6.63. The maximum atomic E-state index is 12.0. The highest BCUT2D eigenvalue weighted by molar-refractivity contribution is 5.95. The monoisotopic (exact) mass is 334 g/mol. The molecule has 0 bridgehead atoms. The van der Waals surface area contributed by atoms with E-state index in [2.05, 4.69) is 24.5 Å². The summed E-state index contributed by atoms with van der Waals surface area (Å²) in [4.78, 5) is 12.0. The second-order valence-corrected chi connectivity index (χ2v) is 6.38. The smallest absolute Gasteiger partial charge is 0.251 e. The Balaban J connectivity index is 2.07. The van der Waals surface area contributed by atoms with Crippen LogP contribution in [0.5, 0.6) is 0 Å². The predicted octanol–water partition coefficient (Wildman–Crippen LogP) is 2.80. The average molecular weight is 334 g/mol. The summed E-state index contributed by atoms with van der Waals surface area (Å²) in [6, 6.07) is 7.90. The Morgan fingerprint density at radius 2 is 2.08 bits per heavy atom. The lowest BCUT2D eigenvalue weighted by molar-refractivity contribution is -0.121. The van der Waals surface area contributed by atoms with Crippen molar-refractivity contribution in [2.75, 3.05) is 25.1 Å². The van der Waals surface area contributed by atoms with Crippen LogP contribution in [0, 0.1) is 5.41 Å². The van der Waals surface area contributed by atoms with Crippen molar-refractivity contribution in [3.63, 3.8) is 0 Å². The molecule has 1 aromatic carbocycles. The molecule has 2 unspecified atom stereocenters. The number of hydrogen-bond donors (Lipinski definition) is 3. The van der Waals surface area contributed by atoms with Gasteiger partial charge in [0.05, 0.1) is 12.7 Å². The summed E-state index contributed by atoms with van der Waals surface area (Å²) in [6.07, 6.45) is 3.45. The average Bonchev–Trinajstić information content (AvgIpc) is 2.60. The van der Waals surface area contributed by atoms with E-state index in [9.17, 15) is 4.79 Å². The van der Waals surface area contributed by atoms with E-state index < -0.39 is 0 Å². The second-order valence-electron chi connectivity index (χ2n) is 6.38. The Hall–Kier alpha value is -1.59. The van der Waals surface area contributed by atoms with E-state index in [1.54, 1.807) is 6.07 Å². The zero-order valence-corrected chi connectivity index (χ0v) is 15.0. The van der Waals surface area contributed by atoms with Gasteiger partial charge in [-0.2, -0.15) is 0 Å². The summed E-state index contributed by atoms with van der Waals surface area (Å²) in [6.45, 7) is 7.46. The Morgan fingerprint density at radius 1 is 1.33 bits per heavy atom. The number of rotatable bonds is 9. The van der Waals surface area contributed by atoms with Gasteiger partial charge in [0.15, 0.2) is 0 Å². The summed E-state index contributed by atoms with van der Waals surface area (Å²) in [5.41, 5.74) is 1.72. The third kappa shape index (κ3) is 3.73. The second kappa shape index (κ2) is 8.49. The number of carbonyl (C=O) groups is 1. The minimum atomic E-state index is -0.161. The van der Waals surface area contributed by atoms with Crippen molar-refractivity contribution in [1.29, 1.82) is 0 Å². The minimum absolute atomic E-state index is 0.0555. The Morgan fingerprint density at radius 3 is 2.71 bits per heavy atom. The van der Waals surface area contributed by atoms with Crippen LogP contribution in [0.3, 0.4) is 0 Å². The molecular formula is C19H30N2O3. The molecule has 2 atom stereocenters. The number of nitrogens with one attached hydrogen (secondary N) is 2. The molecule has 1 aliphatic rings. The number of anilines is 1. The SMILES string of the molecule is CCOC1CC(Nc2cccc(C(=O)NCCO)c2)C1(CC)CC. The zero-order valence-electron chi connectivity index (χ0n) is 15.0. The fourth-order valence-electron chi connectivity index (χ4n) is 3.81. The van der Waals surface area contributed by atoms with Gasteiger partial charge in [-0.25, -0.2) is 0 Å². The highest BCUT2D eigenvalue weighted by Crippen LogP contribution is 2.50. The first-order valence-corrected chi connectivity index (χ1v) is 8.98. The van der Waals surface area contributed by atoms with Gasteiger partial charge in [0.2, 0.25) is 0 Å². The quantitative estimate of drug-likeness (QED) is 0.649. The van der Waals surface area contributed by atoms with Crippen LogP contribution in [0.25, 0.3) is 0 Å². The molecule has 24 heavy (non-hydrogen) atoms. The van der Waals surface area contributed by atoms with Gasteiger partial charge in [0.1, 0.15) is 0 Å². The van der Waals surface area contributed by atoms with Crippen LogP contribution in [0.15, 0.2) is 24.3 Å². The lowest BCUT2D eigenvalue weighted by atomic mass is 9.58. The highest BCUT2D eigenvalue weighted by atomic mass is 16.5. The van der Waals surface area contributed by atoms with E-state index in [0.717, 1.165) is 31.6 Å². The number of aliphatic hydroxyl groups excluding tert-OH is 1. The molecule has 1 amide bonds. The van der Waals surface area contributed by atoms with E-state index >= 15 is 0 Å². The van der Waals surface area contributed by atoms with Crippen LogP contribution < -0.4 is 10.6 Å². The van der Waals surface area contributed by atoms with Crippen molar-refractivity contribution in [1.82, 2.24) is 5.32 Å². The van der Waals surface area contributed by atoms with Gasteiger partial charge in [-0.3, -0.25) is 4.79 Å². The molecule has 0 spiro atoms. The normalized spacial score (nSPS) is 21.8. The molecule has 5 heteroatoms. The van der Waals surface area contributed by atoms with Gasteiger partial charge < -0.3 is 20.5 Å². The fraction of sp³-hybridized carbons (Fsp3) is 0.632. The largest absolute Gasteiger partial charge is 0.395 e. The summed E-state index contributed by atoms with van der Waals surface area (Å²) >= 11 is 0. The van der Waals surface area contributed by atoms with Crippen LogP contribution in [0.2, 0.25) is 0 Å². The van der Waals surface area contributed by atoms with Crippen LogP contribution in [0.1, 0.15) is 50.4 Å². The van der Waals surface area contributed by atoms with Crippen molar-refractivity contribution >= 4 is 11.6 Å². The molecule has 5 nitrogen and oxygen atoms in total. The number of amides is 1. The number of ether oxygens (including phenoxy) is 1. The van der Waals surface area contributed by atoms with E-state index in [-0.39, 0.29) is 24.5 Å². The first kappa shape index (κ1) is 18.7. The van der Waals surface area contributed by atoms with Crippen molar-refractivity contribution in [3.05, 3.63) is 29.8 Å². The minimum Gasteiger partial charge on any atom is -0.395 e. The Labute approximate surface area is 144 Å². The maximum absolute atomic E-state index is 12.0. The highest BCUT2D eigenvalue weighted by Gasteiger charge is 2.53. The van der Waals surface area contributed by atoms with E-state index in [4.69, 9.17) is 9.84 Å². The van der Waals surface area contributed by atoms with Crippen LogP contribution >= 0.6 is 0 Å². The van der Waals surface area contributed by atoms with E-state index in [1.807, 2.05) is 25.1 Å². The van der Waals surface area contributed by atoms with Crippen LogP contribution in [-0.4, -0.2) is 42.9 Å². The molecule has 3 N–H and O–H groups in total. The summed E-state index contributed by atoms with van der Waals surface area (Å²) < 4.78 is 5.92. The standard InChI is InChI=1S/C19H30N2O3/c1-4-19(5-2)16(13-17(19)24-6-3)21-15-9-7-8-14(12-15)18(23)20-10-11-22/h7-9,12,16-17,21-22H,4-6,10-11,13H2,1-3H3,(H,20,23). The third-order valence-electron chi connectivity index (χ3n) is 5.33. The van der Waals surface area contributed by atoms with Crippen molar-refractivity contribution in [2.24, 2.45) is 5.41 Å². The number of carbonyl (C=O) groups excluding carboxylic acids is 1. The first-order valence-electron chi connectivity index (χ1n) is 8.98. The van der Waals surface area contributed by atoms with Crippen molar-refractivity contribution in [3.8, 4) is 0 Å². The summed E-state index contributed by atoms with van der Waals surface area (Å²) in [5, 5.41) is 15.1. The topological polar surface area (TPSA) is 70.6 Å². The maximum Gasteiger partial charge on any atom is 0.251 e. The molecule has 0 aliphatic heterocycles. The molecule has 1 aromatic rings. The van der Waals surface area contributed by atoms with Crippen molar-refractivity contribution in [2.45, 2.75) is 52.2 Å². The van der Waals surface area contributed by atoms with Crippen molar-refractivity contribution < 1.29 is 14.6 Å². The lowest BCUT2D eigenvalue weighted by Crippen LogP contribution is -2.60. The molecule has 0 saturated heterocycles. The number of aliphatic hydroxyl groups is 1. The summed E-state index contributed by atoms with van der Waals surface area (Å²) in [5.74, 6) is -0.161. The molecule has 0 radical (unpaired) electrons. The Bertz CT molecular complexity index is 543. The number of hydrogen-bond acceptors (Lipinski definition) is 4. The zero-order chi connectivity index (χ0) is 17.6. The molecular weight excluding hydrogens is 304 g/mol. The van der Waals surface area contributed by atoms with Gasteiger partial charge in [-0.1, -0.05) is 19.9 Å². The molecule has 134 valence electrons. The van der Waals surface area contributed by atoms with E-state index in [1.165, 1.54) is 0 Å². The number of benzene rings is 1. The molecule has 0 aromatic heterocycles. The van der Waals surface area contributed by atoms with Gasteiger partial charge in [0, 0.05) is 35.9 Å². The van der Waals surface area contributed by atoms with Gasteiger partial charge in [0.25, 0.3) is 5.91 Å². The molecule has 1 fully saturated rings.